The molecule has 0 amide bonds. The maximum absolute atomic E-state index is 12.4. The van der Waals surface area contributed by atoms with E-state index in [1.807, 2.05) is 74.5 Å². The Morgan fingerprint density at radius 1 is 0.967 bits per heavy atom. The van der Waals surface area contributed by atoms with Gasteiger partial charge in [-0.3, -0.25) is 4.79 Å². The third-order valence-corrected chi connectivity index (χ3v) is 5.51. The minimum absolute atomic E-state index is 0.0420. The summed E-state index contributed by atoms with van der Waals surface area (Å²) in [5.41, 5.74) is 3.69. The van der Waals surface area contributed by atoms with Crippen molar-refractivity contribution < 1.29 is 14.3 Å². The average molecular weight is 530 g/mol. The normalized spacial score (nSPS) is 10.9. The summed E-state index contributed by atoms with van der Waals surface area (Å²) in [6.07, 6.45) is 3.36. The summed E-state index contributed by atoms with van der Waals surface area (Å²) in [5.74, 6) is 1.23. The summed E-state index contributed by atoms with van der Waals surface area (Å²) in [4.78, 5) is 12.4. The number of hydrogen-bond donors (Lipinski definition) is 0. The molecule has 0 aliphatic rings. The molecule has 3 aromatic carbocycles. The zero-order chi connectivity index (χ0) is 21.5. The summed E-state index contributed by atoms with van der Waals surface area (Å²) in [6, 6.07) is 19.3. The zero-order valence-corrected chi connectivity index (χ0v) is 20.0. The highest BCUT2D eigenvalue weighted by molar-refractivity contribution is 9.10. The highest BCUT2D eigenvalue weighted by Crippen LogP contribution is 2.38. The van der Waals surface area contributed by atoms with Gasteiger partial charge in [-0.05, 0) is 71.2 Å². The molecule has 30 heavy (non-hydrogen) atoms. The molecule has 3 rings (SSSR count). The molecular formula is C25H22Br2O3. The summed E-state index contributed by atoms with van der Waals surface area (Å²) >= 11 is 7.02. The van der Waals surface area contributed by atoms with Crippen molar-refractivity contribution in [2.24, 2.45) is 0 Å². The average Bonchev–Trinajstić information content (AvgIpc) is 2.73. The Hall–Kier alpha value is -2.37. The molecule has 0 atom stereocenters. The smallest absolute Gasteiger partial charge is 0.185 e. The van der Waals surface area contributed by atoms with Gasteiger partial charge in [0, 0.05) is 10.0 Å². The molecule has 3 nitrogen and oxygen atoms in total. The van der Waals surface area contributed by atoms with E-state index in [-0.39, 0.29) is 5.78 Å². The number of allylic oxidation sites excluding steroid dienone is 1. The van der Waals surface area contributed by atoms with Crippen LogP contribution in [0.2, 0.25) is 0 Å². The molecule has 0 bridgehead atoms. The number of halogens is 2. The van der Waals surface area contributed by atoms with Crippen molar-refractivity contribution in [1.82, 2.24) is 0 Å². The van der Waals surface area contributed by atoms with Crippen LogP contribution in [0.25, 0.3) is 6.08 Å². The van der Waals surface area contributed by atoms with E-state index in [1.165, 1.54) is 0 Å². The summed E-state index contributed by atoms with van der Waals surface area (Å²) < 4.78 is 13.6. The fourth-order valence-corrected chi connectivity index (χ4v) is 3.65. The predicted octanol–water partition coefficient (Wildman–Crippen LogP) is 7.39. The molecule has 0 heterocycles. The van der Waals surface area contributed by atoms with E-state index in [4.69, 9.17) is 9.47 Å². The summed E-state index contributed by atoms with van der Waals surface area (Å²) in [7, 11) is 0. The van der Waals surface area contributed by atoms with E-state index in [0.717, 1.165) is 25.6 Å². The lowest BCUT2D eigenvalue weighted by Gasteiger charge is -2.15. The number of ether oxygens (including phenoxy) is 2. The number of carbonyl (C=O) groups is 1. The quantitative estimate of drug-likeness (QED) is 0.225. The monoisotopic (exact) mass is 528 g/mol. The van der Waals surface area contributed by atoms with Gasteiger partial charge in [0.25, 0.3) is 0 Å². The van der Waals surface area contributed by atoms with Crippen LogP contribution in [0.15, 0.2) is 75.7 Å². The SMILES string of the molecule is CCOc1cc(/C=C/C(=O)c2ccc(C)cc2)cc(Br)c1OCc1ccc(Br)cc1. The molecule has 0 unspecified atom stereocenters. The molecule has 0 aromatic heterocycles. The summed E-state index contributed by atoms with van der Waals surface area (Å²) in [6.45, 7) is 4.86. The Morgan fingerprint density at radius 3 is 2.33 bits per heavy atom. The van der Waals surface area contributed by atoms with Crippen LogP contribution in [0.3, 0.4) is 0 Å². The van der Waals surface area contributed by atoms with Gasteiger partial charge in [-0.2, -0.15) is 0 Å². The van der Waals surface area contributed by atoms with Crippen molar-refractivity contribution in [3.8, 4) is 11.5 Å². The fourth-order valence-electron chi connectivity index (χ4n) is 2.81. The van der Waals surface area contributed by atoms with Gasteiger partial charge >= 0.3 is 0 Å². The number of hydrogen-bond acceptors (Lipinski definition) is 3. The van der Waals surface area contributed by atoms with E-state index < -0.39 is 0 Å². The molecular weight excluding hydrogens is 508 g/mol. The van der Waals surface area contributed by atoms with Crippen molar-refractivity contribution in [3.05, 3.63) is 97.9 Å². The van der Waals surface area contributed by atoms with Crippen LogP contribution in [0.5, 0.6) is 11.5 Å². The van der Waals surface area contributed by atoms with Gasteiger partial charge in [-0.15, -0.1) is 0 Å². The third-order valence-electron chi connectivity index (χ3n) is 4.39. The Bertz CT molecular complexity index is 1040. The lowest BCUT2D eigenvalue weighted by Crippen LogP contribution is -2.01. The molecule has 154 valence electrons. The van der Waals surface area contributed by atoms with Crippen LogP contribution < -0.4 is 9.47 Å². The lowest BCUT2D eigenvalue weighted by molar-refractivity contribution is 0.104. The standard InChI is InChI=1S/C25H22Br2O3/c1-3-29-24-15-19(8-13-23(28)20-9-4-17(2)5-10-20)14-22(27)25(24)30-16-18-6-11-21(26)12-7-18/h4-15H,3,16H2,1-2H3/b13-8+. The second-order valence-electron chi connectivity index (χ2n) is 6.74. The molecule has 0 fully saturated rings. The second kappa shape index (κ2) is 10.6. The Balaban J connectivity index is 1.78. The zero-order valence-electron chi connectivity index (χ0n) is 16.8. The predicted molar refractivity (Wildman–Crippen MR) is 128 cm³/mol. The van der Waals surface area contributed by atoms with Gasteiger partial charge in [-0.25, -0.2) is 0 Å². The molecule has 5 heteroatoms. The van der Waals surface area contributed by atoms with Crippen molar-refractivity contribution >= 4 is 43.7 Å². The molecule has 0 saturated heterocycles. The van der Waals surface area contributed by atoms with E-state index in [2.05, 4.69) is 31.9 Å². The second-order valence-corrected chi connectivity index (χ2v) is 8.51. The van der Waals surface area contributed by atoms with Crippen LogP contribution in [-0.2, 0) is 6.61 Å². The van der Waals surface area contributed by atoms with E-state index in [1.54, 1.807) is 12.2 Å². The number of rotatable bonds is 8. The molecule has 0 spiro atoms. The summed E-state index contributed by atoms with van der Waals surface area (Å²) in [5, 5.41) is 0. The van der Waals surface area contributed by atoms with Gasteiger partial charge in [0.1, 0.15) is 6.61 Å². The van der Waals surface area contributed by atoms with Crippen LogP contribution in [-0.4, -0.2) is 12.4 Å². The fraction of sp³-hybridized carbons (Fsp3) is 0.160. The maximum Gasteiger partial charge on any atom is 0.185 e. The molecule has 0 aliphatic heterocycles. The Kier molecular flexibility index (Phi) is 7.88. The van der Waals surface area contributed by atoms with Crippen molar-refractivity contribution in [2.75, 3.05) is 6.61 Å². The Labute approximate surface area is 194 Å². The third kappa shape index (κ3) is 6.07. The highest BCUT2D eigenvalue weighted by Gasteiger charge is 2.12. The largest absolute Gasteiger partial charge is 0.490 e. The molecule has 3 aromatic rings. The maximum atomic E-state index is 12.4. The first-order valence-corrected chi connectivity index (χ1v) is 11.2. The topological polar surface area (TPSA) is 35.5 Å². The highest BCUT2D eigenvalue weighted by atomic mass is 79.9. The molecule has 0 radical (unpaired) electrons. The number of aryl methyl sites for hydroxylation is 1. The number of ketones is 1. The van der Waals surface area contributed by atoms with Gasteiger partial charge in [-0.1, -0.05) is 64.0 Å². The lowest BCUT2D eigenvalue weighted by atomic mass is 10.1. The first-order chi connectivity index (χ1) is 14.5. The van der Waals surface area contributed by atoms with Crippen LogP contribution in [0, 0.1) is 6.92 Å². The minimum atomic E-state index is -0.0420. The van der Waals surface area contributed by atoms with Crippen molar-refractivity contribution in [2.45, 2.75) is 20.5 Å². The van der Waals surface area contributed by atoms with Crippen LogP contribution >= 0.6 is 31.9 Å². The van der Waals surface area contributed by atoms with E-state index >= 15 is 0 Å². The first kappa shape index (κ1) is 22.3. The van der Waals surface area contributed by atoms with Gasteiger partial charge in [0.2, 0.25) is 0 Å². The van der Waals surface area contributed by atoms with Crippen molar-refractivity contribution in [3.63, 3.8) is 0 Å². The first-order valence-electron chi connectivity index (χ1n) is 9.59. The number of carbonyl (C=O) groups excluding carboxylic acids is 1. The van der Waals surface area contributed by atoms with Gasteiger partial charge < -0.3 is 9.47 Å². The molecule has 0 saturated carbocycles. The van der Waals surface area contributed by atoms with E-state index in [9.17, 15) is 4.79 Å². The minimum Gasteiger partial charge on any atom is -0.490 e. The van der Waals surface area contributed by atoms with Gasteiger partial charge in [0.05, 0.1) is 11.1 Å². The van der Waals surface area contributed by atoms with Crippen LogP contribution in [0.1, 0.15) is 34.0 Å². The van der Waals surface area contributed by atoms with Crippen LogP contribution in [0.4, 0.5) is 0 Å². The Morgan fingerprint density at radius 2 is 1.67 bits per heavy atom. The molecule has 0 aliphatic carbocycles. The van der Waals surface area contributed by atoms with Gasteiger partial charge in [0.15, 0.2) is 17.3 Å². The van der Waals surface area contributed by atoms with E-state index in [0.29, 0.717) is 30.3 Å². The van der Waals surface area contributed by atoms with Crippen molar-refractivity contribution in [1.29, 1.82) is 0 Å². The number of benzene rings is 3. The molecule has 0 N–H and O–H groups in total.